The van der Waals surface area contributed by atoms with Crippen molar-refractivity contribution in [2.45, 2.75) is 98.7 Å². The summed E-state index contributed by atoms with van der Waals surface area (Å²) >= 11 is 0. The van der Waals surface area contributed by atoms with Crippen LogP contribution < -0.4 is 11.1 Å². The Hall–Kier alpha value is -5.29. The molecule has 0 bridgehead atoms. The van der Waals surface area contributed by atoms with E-state index in [4.69, 9.17) is 10.3 Å². The van der Waals surface area contributed by atoms with Crippen molar-refractivity contribution in [2.24, 2.45) is 0 Å². The van der Waals surface area contributed by atoms with Crippen LogP contribution in [0.5, 0.6) is 0 Å². The van der Waals surface area contributed by atoms with Crippen molar-refractivity contribution in [3.8, 4) is 11.3 Å². The fourth-order valence-corrected chi connectivity index (χ4v) is 6.32. The fraction of sp³-hybridized carbons (Fsp3) is 0.390. The highest BCUT2D eigenvalue weighted by atomic mass is 16.5. The number of unbranched alkanes of at least 4 members (excludes halogenated alkanes) is 7. The van der Waals surface area contributed by atoms with Crippen LogP contribution in [0, 0.1) is 20.8 Å². The number of carboxylic acid groups (broad SMARTS) is 1. The third-order valence-corrected chi connectivity index (χ3v) is 9.13. The summed E-state index contributed by atoms with van der Waals surface area (Å²) in [6.07, 6.45) is 18.1. The standard InChI is InChI=1S/C21H21N5O3.C20H31N3/c1-13-8-22-25(9-13)10-16-4-6-17(7-5-16)11-26-12-18(21(27)28)20(23-26)19-14(2)24-29-15(19)3;1-2-3-4-5-6-7-8-9-13-22-16-17-10-11-19-18(15-17)12-14-23-20(19)21/h4-9,12H,10-11H2,1-3H3,(H,27,28);10-12,14-15,22H,2-9,13,16H2,1H3,(H2,21,23). The molecule has 2 aromatic carbocycles. The Morgan fingerprint density at radius 3 is 2.17 bits per heavy atom. The number of benzene rings is 2. The van der Waals surface area contributed by atoms with Crippen molar-refractivity contribution in [3.63, 3.8) is 0 Å². The highest BCUT2D eigenvalue weighted by molar-refractivity contribution is 5.95. The summed E-state index contributed by atoms with van der Waals surface area (Å²) in [4.78, 5) is 15.8. The summed E-state index contributed by atoms with van der Waals surface area (Å²) in [6, 6.07) is 16.6. The van der Waals surface area contributed by atoms with E-state index in [1.54, 1.807) is 30.9 Å². The molecule has 0 radical (unpaired) electrons. The van der Waals surface area contributed by atoms with Crippen LogP contribution in [-0.4, -0.2) is 47.3 Å². The zero-order valence-electron chi connectivity index (χ0n) is 30.9. The zero-order valence-corrected chi connectivity index (χ0v) is 30.9. The first-order valence-corrected chi connectivity index (χ1v) is 18.4. The van der Waals surface area contributed by atoms with E-state index in [2.05, 4.69) is 50.8 Å². The molecule has 0 unspecified atom stereocenters. The largest absolute Gasteiger partial charge is 0.478 e. The number of hydrogen-bond donors (Lipinski definition) is 3. The van der Waals surface area contributed by atoms with Gasteiger partial charge in [-0.2, -0.15) is 10.2 Å². The normalized spacial score (nSPS) is 11.2. The van der Waals surface area contributed by atoms with Gasteiger partial charge in [0, 0.05) is 30.5 Å². The van der Waals surface area contributed by atoms with Gasteiger partial charge in [-0.1, -0.05) is 93.4 Å². The first kappa shape index (κ1) is 38.0. The van der Waals surface area contributed by atoms with E-state index in [0.29, 0.717) is 41.6 Å². The molecule has 6 aromatic rings. The molecule has 4 N–H and O–H groups in total. The predicted molar refractivity (Wildman–Crippen MR) is 206 cm³/mol. The minimum absolute atomic E-state index is 0.130. The number of hydrogen-bond acceptors (Lipinski definition) is 8. The smallest absolute Gasteiger partial charge is 0.339 e. The van der Waals surface area contributed by atoms with Crippen LogP contribution in [0.2, 0.25) is 0 Å². The third kappa shape index (κ3) is 10.6. The lowest BCUT2D eigenvalue weighted by atomic mass is 10.1. The number of nitrogens with one attached hydrogen (secondary N) is 1. The highest BCUT2D eigenvalue weighted by Crippen LogP contribution is 2.29. The van der Waals surface area contributed by atoms with Gasteiger partial charge >= 0.3 is 5.97 Å². The van der Waals surface area contributed by atoms with Gasteiger partial charge in [-0.25, -0.2) is 9.78 Å². The monoisotopic (exact) mass is 704 g/mol. The summed E-state index contributed by atoms with van der Waals surface area (Å²) < 4.78 is 8.71. The molecule has 274 valence electrons. The first-order chi connectivity index (χ1) is 25.2. The number of anilines is 1. The van der Waals surface area contributed by atoms with E-state index >= 15 is 0 Å². The maximum Gasteiger partial charge on any atom is 0.339 e. The molecule has 0 aliphatic heterocycles. The van der Waals surface area contributed by atoms with Gasteiger partial charge in [0.15, 0.2) is 0 Å². The van der Waals surface area contributed by atoms with E-state index in [9.17, 15) is 9.90 Å². The number of fused-ring (bicyclic) bond motifs is 1. The molecular weight excluding hydrogens is 653 g/mol. The van der Waals surface area contributed by atoms with Gasteiger partial charge in [0.05, 0.1) is 30.5 Å². The Balaban J connectivity index is 0.000000207. The second-order valence-electron chi connectivity index (χ2n) is 13.5. The number of nitrogens with two attached hydrogens (primary N) is 1. The Morgan fingerprint density at radius 1 is 0.865 bits per heavy atom. The molecule has 0 aliphatic rings. The molecule has 4 heterocycles. The molecule has 11 nitrogen and oxygen atoms in total. The molecule has 52 heavy (non-hydrogen) atoms. The van der Waals surface area contributed by atoms with Gasteiger partial charge in [-0.05, 0) is 73.5 Å². The number of rotatable bonds is 17. The maximum atomic E-state index is 11.7. The second kappa shape index (κ2) is 18.8. The predicted octanol–water partition coefficient (Wildman–Crippen LogP) is 8.50. The van der Waals surface area contributed by atoms with Crippen LogP contribution in [0.15, 0.2) is 77.8 Å². The quantitative estimate of drug-likeness (QED) is 0.0794. The number of carboxylic acids is 1. The van der Waals surface area contributed by atoms with Crippen LogP contribution in [0.25, 0.3) is 22.0 Å². The van der Waals surface area contributed by atoms with E-state index in [0.717, 1.165) is 35.2 Å². The van der Waals surface area contributed by atoms with Crippen molar-refractivity contribution in [2.75, 3.05) is 12.3 Å². The van der Waals surface area contributed by atoms with Crippen LogP contribution >= 0.6 is 0 Å². The summed E-state index contributed by atoms with van der Waals surface area (Å²) in [6.45, 7) is 11.0. The van der Waals surface area contributed by atoms with Crippen molar-refractivity contribution in [1.82, 2.24) is 35.0 Å². The zero-order chi connectivity index (χ0) is 36.9. The van der Waals surface area contributed by atoms with Gasteiger partial charge in [-0.3, -0.25) is 9.36 Å². The summed E-state index contributed by atoms with van der Waals surface area (Å²) in [5, 5.41) is 28.1. The van der Waals surface area contributed by atoms with Gasteiger partial charge in [0.25, 0.3) is 0 Å². The maximum absolute atomic E-state index is 11.7. The molecule has 0 saturated carbocycles. The molecule has 0 aliphatic carbocycles. The Bertz CT molecular complexity index is 2010. The minimum Gasteiger partial charge on any atom is -0.478 e. The lowest BCUT2D eigenvalue weighted by Gasteiger charge is -2.07. The van der Waals surface area contributed by atoms with Crippen LogP contribution in [0.4, 0.5) is 5.82 Å². The molecule has 6 rings (SSSR count). The molecule has 11 heteroatoms. The summed E-state index contributed by atoms with van der Waals surface area (Å²) in [7, 11) is 0. The average Bonchev–Trinajstić information content (AvgIpc) is 3.84. The highest BCUT2D eigenvalue weighted by Gasteiger charge is 2.23. The van der Waals surface area contributed by atoms with E-state index in [-0.39, 0.29) is 5.56 Å². The van der Waals surface area contributed by atoms with Crippen LogP contribution in [0.1, 0.15) is 102 Å². The molecular formula is C41H52N8O3. The van der Waals surface area contributed by atoms with E-state index in [1.165, 1.54) is 62.3 Å². The van der Waals surface area contributed by atoms with Crippen molar-refractivity contribution >= 4 is 22.6 Å². The van der Waals surface area contributed by atoms with Gasteiger partial charge < -0.3 is 20.7 Å². The van der Waals surface area contributed by atoms with Crippen molar-refractivity contribution < 1.29 is 14.4 Å². The summed E-state index contributed by atoms with van der Waals surface area (Å²) in [5.41, 5.74) is 12.2. The number of aryl methyl sites for hydroxylation is 3. The third-order valence-electron chi connectivity index (χ3n) is 9.13. The molecule has 0 saturated heterocycles. The number of nitrogens with zero attached hydrogens (tertiary/aromatic N) is 6. The van der Waals surface area contributed by atoms with Crippen molar-refractivity contribution in [1.29, 1.82) is 0 Å². The van der Waals surface area contributed by atoms with Gasteiger partial charge in [0.1, 0.15) is 22.8 Å². The minimum atomic E-state index is -1.03. The lowest BCUT2D eigenvalue weighted by Crippen LogP contribution is -2.14. The molecule has 4 aromatic heterocycles. The van der Waals surface area contributed by atoms with E-state index < -0.39 is 5.97 Å². The number of pyridine rings is 1. The number of carbonyl (C=O) groups is 1. The number of aromatic carboxylic acids is 1. The fourth-order valence-electron chi connectivity index (χ4n) is 6.32. The SMILES string of the molecule is CCCCCCCCCCNCc1ccc2c(N)nccc2c1.Cc1cnn(Cc2ccc(Cn3cc(C(=O)O)c(-c4c(C)noc4C)n3)cc2)c1. The van der Waals surface area contributed by atoms with Gasteiger partial charge in [0.2, 0.25) is 0 Å². The number of nitrogen functional groups attached to an aromatic ring is 1. The van der Waals surface area contributed by atoms with Crippen LogP contribution in [0.3, 0.4) is 0 Å². The number of aromatic nitrogens is 6. The van der Waals surface area contributed by atoms with E-state index in [1.807, 2.05) is 54.3 Å². The summed E-state index contributed by atoms with van der Waals surface area (Å²) in [5.74, 6) is 0.130. The van der Waals surface area contributed by atoms with Crippen molar-refractivity contribution in [3.05, 3.63) is 113 Å². The Kier molecular flexibility index (Phi) is 13.7. The second-order valence-corrected chi connectivity index (χ2v) is 13.5. The topological polar surface area (TPSA) is 150 Å². The molecule has 0 fully saturated rings. The molecule has 0 amide bonds. The Labute approximate surface area is 306 Å². The molecule has 0 spiro atoms. The first-order valence-electron chi connectivity index (χ1n) is 18.4. The van der Waals surface area contributed by atoms with Crippen LogP contribution in [-0.2, 0) is 19.6 Å². The average molecular weight is 705 g/mol. The Morgan fingerprint density at radius 2 is 1.54 bits per heavy atom. The lowest BCUT2D eigenvalue weighted by molar-refractivity contribution is 0.0697. The van der Waals surface area contributed by atoms with Gasteiger partial charge in [-0.15, -0.1) is 0 Å². The molecule has 0 atom stereocenters.